The van der Waals surface area contributed by atoms with E-state index in [1.165, 1.54) is 4.88 Å². The Morgan fingerprint density at radius 1 is 1.15 bits per heavy atom. The number of esters is 1. The van der Waals surface area contributed by atoms with Gasteiger partial charge in [-0.15, -0.1) is 11.3 Å². The number of likely N-dealkylation sites (N-methyl/N-ethyl adjacent to an activating group) is 1. The number of hydrogen-bond donors (Lipinski definition) is 3. The molecule has 2 aliphatic rings. The van der Waals surface area contributed by atoms with E-state index in [0.717, 1.165) is 51.0 Å². The van der Waals surface area contributed by atoms with Crippen molar-refractivity contribution < 1.29 is 34.1 Å². The summed E-state index contributed by atoms with van der Waals surface area (Å²) in [6.45, 7) is 10.0. The Balaban J connectivity index is 0.000000569. The second-order valence-electron chi connectivity index (χ2n) is 8.39. The number of ether oxygens (including phenoxy) is 1. The van der Waals surface area contributed by atoms with E-state index in [9.17, 15) is 9.59 Å². The predicted octanol–water partition coefficient (Wildman–Crippen LogP) is 1.78. The molecular weight excluding hydrogens is 450 g/mol. The van der Waals surface area contributed by atoms with Gasteiger partial charge < -0.3 is 25.2 Å². The van der Waals surface area contributed by atoms with Crippen LogP contribution < -0.4 is 5.32 Å². The van der Waals surface area contributed by atoms with Crippen LogP contribution in [0.1, 0.15) is 48.0 Å². The summed E-state index contributed by atoms with van der Waals surface area (Å²) in [5, 5.41) is 18.5. The van der Waals surface area contributed by atoms with E-state index in [2.05, 4.69) is 29.1 Å². The Morgan fingerprint density at radius 2 is 1.76 bits per heavy atom. The van der Waals surface area contributed by atoms with Gasteiger partial charge in [0.2, 0.25) is 5.91 Å². The summed E-state index contributed by atoms with van der Waals surface area (Å²) < 4.78 is 5.29. The first-order chi connectivity index (χ1) is 15.5. The molecule has 3 rings (SSSR count). The van der Waals surface area contributed by atoms with Gasteiger partial charge in [-0.3, -0.25) is 9.69 Å². The molecule has 1 saturated heterocycles. The molecule has 11 heteroatoms. The number of fused-ring (bicyclic) bond motifs is 1. The Kier molecular flexibility index (Phi) is 9.81. The third-order valence-corrected chi connectivity index (χ3v) is 7.05. The smallest absolute Gasteiger partial charge is 0.414 e. The third kappa shape index (κ3) is 7.24. The summed E-state index contributed by atoms with van der Waals surface area (Å²) in [7, 11) is 2.10. The van der Waals surface area contributed by atoms with Crippen LogP contribution in [0.3, 0.4) is 0 Å². The fourth-order valence-corrected chi connectivity index (χ4v) is 5.25. The Hall–Kier alpha value is -2.50. The lowest BCUT2D eigenvalue weighted by Crippen LogP contribution is -2.51. The maximum atomic E-state index is 12.9. The maximum absolute atomic E-state index is 12.9. The number of amides is 1. The predicted molar refractivity (Wildman–Crippen MR) is 124 cm³/mol. The normalized spacial score (nSPS) is 19.5. The molecule has 0 spiro atoms. The average molecular weight is 484 g/mol. The molecule has 1 aromatic rings. The van der Waals surface area contributed by atoms with Crippen LogP contribution in [0.25, 0.3) is 0 Å². The Labute approximate surface area is 197 Å². The summed E-state index contributed by atoms with van der Waals surface area (Å²) >= 11 is 1.55. The van der Waals surface area contributed by atoms with Crippen LogP contribution in [-0.4, -0.2) is 89.7 Å². The summed E-state index contributed by atoms with van der Waals surface area (Å²) in [6.07, 6.45) is 2.92. The quantitative estimate of drug-likeness (QED) is 0.423. The molecule has 1 fully saturated rings. The molecule has 1 aliphatic heterocycles. The van der Waals surface area contributed by atoms with Gasteiger partial charge in [0.05, 0.1) is 18.2 Å². The number of nitrogens with zero attached hydrogens (tertiary/aromatic N) is 2. The van der Waals surface area contributed by atoms with E-state index < -0.39 is 11.9 Å². The van der Waals surface area contributed by atoms with Crippen LogP contribution in [0.5, 0.6) is 0 Å². The van der Waals surface area contributed by atoms with Crippen LogP contribution in [-0.2, 0) is 32.0 Å². The van der Waals surface area contributed by atoms with Gasteiger partial charge in [0.15, 0.2) is 0 Å². The number of thiophene rings is 1. The van der Waals surface area contributed by atoms with Crippen molar-refractivity contribution in [3.63, 3.8) is 0 Å². The van der Waals surface area contributed by atoms with Crippen LogP contribution >= 0.6 is 11.3 Å². The molecule has 1 amide bonds. The number of nitrogens with one attached hydrogen (secondary N) is 1. The third-order valence-electron chi connectivity index (χ3n) is 5.88. The fraction of sp³-hybridized carbons (Fsp3) is 0.636. The lowest BCUT2D eigenvalue weighted by Gasteiger charge is -2.35. The average Bonchev–Trinajstić information content (AvgIpc) is 3.11. The van der Waals surface area contributed by atoms with Crippen molar-refractivity contribution in [1.29, 1.82) is 0 Å². The van der Waals surface area contributed by atoms with Gasteiger partial charge in [0, 0.05) is 31.1 Å². The summed E-state index contributed by atoms with van der Waals surface area (Å²) in [6, 6.07) is -0.216. The number of aliphatic carboxylic acids is 2. The summed E-state index contributed by atoms with van der Waals surface area (Å²) in [4.78, 5) is 49.4. The number of anilines is 1. The first-order valence-corrected chi connectivity index (χ1v) is 11.9. The topological polar surface area (TPSA) is 136 Å². The van der Waals surface area contributed by atoms with Crippen LogP contribution in [0.4, 0.5) is 5.00 Å². The highest BCUT2D eigenvalue weighted by Crippen LogP contribution is 2.40. The van der Waals surface area contributed by atoms with E-state index in [1.54, 1.807) is 11.3 Å². The zero-order chi connectivity index (χ0) is 24.7. The van der Waals surface area contributed by atoms with Gasteiger partial charge in [0.1, 0.15) is 5.00 Å². The zero-order valence-electron chi connectivity index (χ0n) is 19.5. The van der Waals surface area contributed by atoms with Crippen molar-refractivity contribution in [2.45, 2.75) is 46.1 Å². The van der Waals surface area contributed by atoms with E-state index in [0.29, 0.717) is 23.1 Å². The van der Waals surface area contributed by atoms with E-state index in [-0.39, 0.29) is 17.9 Å². The Morgan fingerprint density at radius 3 is 2.30 bits per heavy atom. The first-order valence-electron chi connectivity index (χ1n) is 11.1. The molecule has 2 unspecified atom stereocenters. The largest absolute Gasteiger partial charge is 0.473 e. The monoisotopic (exact) mass is 483 g/mol. The summed E-state index contributed by atoms with van der Waals surface area (Å²) in [5.74, 6) is -3.40. The summed E-state index contributed by atoms with van der Waals surface area (Å²) in [5.41, 5.74) is 1.67. The molecular formula is C22H33N3O7S. The van der Waals surface area contributed by atoms with Crippen LogP contribution in [0.2, 0.25) is 0 Å². The number of hydrogen-bond acceptors (Lipinski definition) is 8. The molecule has 0 radical (unpaired) electrons. The molecule has 1 aliphatic carbocycles. The van der Waals surface area contributed by atoms with Crippen LogP contribution in [0.15, 0.2) is 0 Å². The van der Waals surface area contributed by atoms with E-state index in [1.807, 2.05) is 13.8 Å². The molecule has 0 saturated carbocycles. The molecule has 10 nitrogen and oxygen atoms in total. The SMILES string of the molecule is CCOC(=O)c1c(NC(=O)C(C)N2CCN(C)CC2)sc2c1CCC(C)C2.O=C(O)C(=O)O. The number of carbonyl (C=O) groups excluding carboxylic acids is 2. The van der Waals surface area contributed by atoms with Gasteiger partial charge in [0.25, 0.3) is 0 Å². The van der Waals surface area contributed by atoms with E-state index >= 15 is 0 Å². The molecule has 0 aromatic carbocycles. The van der Waals surface area contributed by atoms with Crippen molar-refractivity contribution in [1.82, 2.24) is 9.80 Å². The molecule has 3 N–H and O–H groups in total. The molecule has 33 heavy (non-hydrogen) atoms. The standard InChI is InChI=1S/C20H31N3O3S.C2H2O4/c1-5-26-20(25)17-15-7-6-13(2)12-16(15)27-19(17)21-18(24)14(3)23-10-8-22(4)9-11-23;3-1(4)2(5)6/h13-14H,5-12H2,1-4H3,(H,21,24);(H,3,4)(H,5,6). The molecule has 2 heterocycles. The highest BCUT2D eigenvalue weighted by atomic mass is 32.1. The molecule has 1 aromatic heterocycles. The lowest BCUT2D eigenvalue weighted by molar-refractivity contribution is -0.159. The van der Waals surface area contributed by atoms with Gasteiger partial charge in [-0.05, 0) is 51.6 Å². The maximum Gasteiger partial charge on any atom is 0.414 e. The van der Waals surface area contributed by atoms with E-state index in [4.69, 9.17) is 24.5 Å². The number of rotatable bonds is 5. The van der Waals surface area contributed by atoms with Gasteiger partial charge in [-0.2, -0.15) is 0 Å². The minimum atomic E-state index is -1.82. The van der Waals surface area contributed by atoms with Crippen molar-refractivity contribution in [2.75, 3.05) is 45.2 Å². The molecule has 0 bridgehead atoms. The van der Waals surface area contributed by atoms with Crippen molar-refractivity contribution in [3.8, 4) is 0 Å². The highest BCUT2D eigenvalue weighted by Gasteiger charge is 2.31. The number of carboxylic acids is 2. The minimum Gasteiger partial charge on any atom is -0.473 e. The van der Waals surface area contributed by atoms with Crippen molar-refractivity contribution >= 4 is 40.2 Å². The number of carboxylic acid groups (broad SMARTS) is 2. The minimum absolute atomic E-state index is 0.0447. The molecule has 184 valence electrons. The van der Waals surface area contributed by atoms with Gasteiger partial charge in [-0.25, -0.2) is 14.4 Å². The first kappa shape index (κ1) is 26.7. The number of piperazine rings is 1. The van der Waals surface area contributed by atoms with Crippen LogP contribution in [0, 0.1) is 5.92 Å². The molecule has 2 atom stereocenters. The number of carbonyl (C=O) groups is 4. The Bertz CT molecular complexity index is 866. The fourth-order valence-electron chi connectivity index (χ4n) is 3.85. The highest BCUT2D eigenvalue weighted by molar-refractivity contribution is 7.17. The van der Waals surface area contributed by atoms with Crippen molar-refractivity contribution in [3.05, 3.63) is 16.0 Å². The zero-order valence-corrected chi connectivity index (χ0v) is 20.4. The van der Waals surface area contributed by atoms with Crippen molar-refractivity contribution in [2.24, 2.45) is 5.92 Å². The second kappa shape index (κ2) is 12.1. The lowest BCUT2D eigenvalue weighted by atomic mass is 9.88. The second-order valence-corrected chi connectivity index (χ2v) is 9.50. The van der Waals surface area contributed by atoms with Gasteiger partial charge in [-0.1, -0.05) is 6.92 Å². The van der Waals surface area contributed by atoms with Gasteiger partial charge >= 0.3 is 17.9 Å².